The van der Waals surface area contributed by atoms with Gasteiger partial charge in [-0.1, -0.05) is 20.3 Å². The van der Waals surface area contributed by atoms with Crippen LogP contribution in [0.4, 0.5) is 0 Å². The van der Waals surface area contributed by atoms with Crippen LogP contribution in [0.2, 0.25) is 0 Å². The number of rotatable bonds is 7. The van der Waals surface area contributed by atoms with Gasteiger partial charge >= 0.3 is 0 Å². The Hall–Kier alpha value is 0.640. The van der Waals surface area contributed by atoms with E-state index in [1.165, 1.54) is 30.8 Å². The van der Waals surface area contributed by atoms with Crippen LogP contribution >= 0.6 is 23.4 Å². The summed E-state index contributed by atoms with van der Waals surface area (Å²) in [6.07, 6.45) is 3.89. The third-order valence-electron chi connectivity index (χ3n) is 1.90. The molecule has 0 aromatic carbocycles. The molecule has 1 unspecified atom stereocenters. The molecule has 0 saturated carbocycles. The fraction of sp³-hybridized carbons (Fsp3) is 1.00. The largest absolute Gasteiger partial charge is 0.162 e. The highest BCUT2D eigenvalue weighted by atomic mass is 35.5. The molecule has 0 radical (unpaired) electrons. The smallest absolute Gasteiger partial charge is 0.0251 e. The van der Waals surface area contributed by atoms with E-state index in [4.69, 9.17) is 11.6 Å². The average Bonchev–Trinajstić information content (AvgIpc) is 2.05. The van der Waals surface area contributed by atoms with Crippen molar-refractivity contribution < 1.29 is 0 Å². The van der Waals surface area contributed by atoms with Gasteiger partial charge in [0.2, 0.25) is 0 Å². The second-order valence-electron chi connectivity index (χ2n) is 2.77. The Balaban J connectivity index is 3.07. The summed E-state index contributed by atoms with van der Waals surface area (Å²) in [5.41, 5.74) is 0. The first-order valence-corrected chi connectivity index (χ1v) is 6.17. The maximum absolute atomic E-state index is 5.77. The minimum absolute atomic E-state index is 0.758. The van der Waals surface area contributed by atoms with Gasteiger partial charge in [-0.25, -0.2) is 0 Å². The molecule has 0 rings (SSSR count). The third kappa shape index (κ3) is 7.02. The minimum Gasteiger partial charge on any atom is -0.162 e. The van der Waals surface area contributed by atoms with Gasteiger partial charge in [0, 0.05) is 5.88 Å². The van der Waals surface area contributed by atoms with Crippen LogP contribution in [0.25, 0.3) is 0 Å². The molecular weight excluding hydrogens is 176 g/mol. The molecule has 68 valence electrons. The molecular formula is C9H19ClS. The predicted octanol–water partition coefficient (Wildman–Crippen LogP) is 3.78. The van der Waals surface area contributed by atoms with Gasteiger partial charge in [0.1, 0.15) is 0 Å². The van der Waals surface area contributed by atoms with Crippen LogP contribution in [0.15, 0.2) is 0 Å². The van der Waals surface area contributed by atoms with Crippen molar-refractivity contribution >= 4 is 23.4 Å². The van der Waals surface area contributed by atoms with Crippen LogP contribution in [0.5, 0.6) is 0 Å². The second kappa shape index (κ2) is 8.73. The van der Waals surface area contributed by atoms with Crippen molar-refractivity contribution in [1.82, 2.24) is 0 Å². The third-order valence-corrected chi connectivity index (χ3v) is 3.32. The maximum atomic E-state index is 5.77. The quantitative estimate of drug-likeness (QED) is 0.439. The summed E-state index contributed by atoms with van der Waals surface area (Å²) in [5.74, 6) is 4.16. The van der Waals surface area contributed by atoms with Crippen LogP contribution < -0.4 is 0 Å². The fourth-order valence-electron chi connectivity index (χ4n) is 1.01. The minimum atomic E-state index is 0.758. The molecule has 0 heterocycles. The molecule has 0 N–H and O–H groups in total. The number of halogens is 1. The Morgan fingerprint density at radius 2 is 2.09 bits per heavy atom. The number of hydrogen-bond acceptors (Lipinski definition) is 1. The average molecular weight is 195 g/mol. The molecule has 0 nitrogen and oxygen atoms in total. The lowest BCUT2D eigenvalue weighted by Gasteiger charge is -2.09. The molecule has 0 bridgehead atoms. The molecule has 0 fully saturated rings. The fourth-order valence-corrected chi connectivity index (χ4v) is 2.04. The first kappa shape index (κ1) is 11.6. The summed E-state index contributed by atoms with van der Waals surface area (Å²) in [5, 5.41) is 0. The van der Waals surface area contributed by atoms with Gasteiger partial charge in [-0.2, -0.15) is 11.8 Å². The second-order valence-corrected chi connectivity index (χ2v) is 4.47. The van der Waals surface area contributed by atoms with Crippen LogP contribution in [-0.2, 0) is 0 Å². The van der Waals surface area contributed by atoms with Crippen LogP contribution in [0, 0.1) is 5.92 Å². The first-order chi connectivity index (χ1) is 5.35. The van der Waals surface area contributed by atoms with E-state index in [9.17, 15) is 0 Å². The van der Waals surface area contributed by atoms with E-state index in [0.29, 0.717) is 0 Å². The van der Waals surface area contributed by atoms with E-state index in [-0.39, 0.29) is 0 Å². The molecule has 0 spiro atoms. The highest BCUT2D eigenvalue weighted by molar-refractivity contribution is 7.99. The zero-order valence-electron chi connectivity index (χ0n) is 7.61. The molecule has 1 atom stereocenters. The van der Waals surface area contributed by atoms with E-state index < -0.39 is 0 Å². The van der Waals surface area contributed by atoms with Gasteiger partial charge in [-0.15, -0.1) is 11.6 Å². The summed E-state index contributed by atoms with van der Waals surface area (Å²) in [4.78, 5) is 0. The Labute approximate surface area is 80.1 Å². The number of hydrogen-bond donors (Lipinski definition) is 0. The van der Waals surface area contributed by atoms with Gasteiger partial charge in [0.25, 0.3) is 0 Å². The molecule has 11 heavy (non-hydrogen) atoms. The topological polar surface area (TPSA) is 0 Å². The summed E-state index contributed by atoms with van der Waals surface area (Å²) in [6.45, 7) is 4.43. The molecule has 0 amide bonds. The lowest BCUT2D eigenvalue weighted by atomic mass is 10.0. The lowest BCUT2D eigenvalue weighted by Crippen LogP contribution is -2.00. The Morgan fingerprint density at radius 1 is 1.36 bits per heavy atom. The van der Waals surface area contributed by atoms with Crippen molar-refractivity contribution in [3.05, 3.63) is 0 Å². The van der Waals surface area contributed by atoms with E-state index in [1.54, 1.807) is 0 Å². The standard InChI is InChI=1S/C9H19ClS/c1-3-9(8-10)6-5-7-11-4-2/h9H,3-8H2,1-2H3. The van der Waals surface area contributed by atoms with E-state index >= 15 is 0 Å². The van der Waals surface area contributed by atoms with E-state index in [0.717, 1.165) is 11.8 Å². The van der Waals surface area contributed by atoms with Gasteiger partial charge in [-0.05, 0) is 30.3 Å². The Morgan fingerprint density at radius 3 is 2.55 bits per heavy atom. The summed E-state index contributed by atoms with van der Waals surface area (Å²) >= 11 is 7.80. The molecule has 0 aromatic rings. The van der Waals surface area contributed by atoms with Crippen molar-refractivity contribution in [1.29, 1.82) is 0 Å². The number of thioether (sulfide) groups is 1. The van der Waals surface area contributed by atoms with E-state index in [1.807, 2.05) is 11.8 Å². The molecule has 0 aliphatic carbocycles. The Bertz CT molecular complexity index is 72.0. The molecule has 0 aliphatic heterocycles. The van der Waals surface area contributed by atoms with Crippen molar-refractivity contribution in [2.45, 2.75) is 33.1 Å². The lowest BCUT2D eigenvalue weighted by molar-refractivity contribution is 0.517. The van der Waals surface area contributed by atoms with Crippen LogP contribution in [0.1, 0.15) is 33.1 Å². The highest BCUT2D eigenvalue weighted by Gasteiger charge is 2.02. The summed E-state index contributed by atoms with van der Waals surface area (Å²) in [7, 11) is 0. The van der Waals surface area contributed by atoms with Crippen molar-refractivity contribution in [2.75, 3.05) is 17.4 Å². The zero-order chi connectivity index (χ0) is 8.53. The normalized spacial score (nSPS) is 13.4. The van der Waals surface area contributed by atoms with Crippen LogP contribution in [0.3, 0.4) is 0 Å². The van der Waals surface area contributed by atoms with Gasteiger partial charge in [0.05, 0.1) is 0 Å². The van der Waals surface area contributed by atoms with Crippen molar-refractivity contribution in [2.24, 2.45) is 5.92 Å². The molecule has 2 heteroatoms. The van der Waals surface area contributed by atoms with Gasteiger partial charge < -0.3 is 0 Å². The SMILES string of the molecule is CCSCCCC(CC)CCl. The van der Waals surface area contributed by atoms with Crippen molar-refractivity contribution in [3.63, 3.8) is 0 Å². The summed E-state index contributed by atoms with van der Waals surface area (Å²) < 4.78 is 0. The van der Waals surface area contributed by atoms with Gasteiger partial charge in [0.15, 0.2) is 0 Å². The highest BCUT2D eigenvalue weighted by Crippen LogP contribution is 2.14. The van der Waals surface area contributed by atoms with Crippen molar-refractivity contribution in [3.8, 4) is 0 Å². The van der Waals surface area contributed by atoms with E-state index in [2.05, 4.69) is 13.8 Å². The van der Waals surface area contributed by atoms with Crippen LogP contribution in [-0.4, -0.2) is 17.4 Å². The first-order valence-electron chi connectivity index (χ1n) is 4.48. The number of alkyl halides is 1. The maximum Gasteiger partial charge on any atom is 0.0251 e. The Kier molecular flexibility index (Phi) is 9.24. The predicted molar refractivity (Wildman–Crippen MR) is 56.7 cm³/mol. The monoisotopic (exact) mass is 194 g/mol. The molecule has 0 saturated heterocycles. The summed E-state index contributed by atoms with van der Waals surface area (Å²) in [6, 6.07) is 0. The van der Waals surface area contributed by atoms with Gasteiger partial charge in [-0.3, -0.25) is 0 Å². The molecule has 0 aliphatic rings. The zero-order valence-corrected chi connectivity index (χ0v) is 9.18. The molecule has 0 aromatic heterocycles.